The molecule has 0 aromatic heterocycles. The third-order valence-corrected chi connectivity index (χ3v) is 1.88. The van der Waals surface area contributed by atoms with Crippen molar-refractivity contribution in [2.75, 3.05) is 0 Å². The second-order valence-corrected chi connectivity index (χ2v) is 3.05. The van der Waals surface area contributed by atoms with Crippen molar-refractivity contribution in [2.45, 2.75) is 12.2 Å². The average molecular weight is 208 g/mol. The van der Waals surface area contributed by atoms with Crippen LogP contribution >= 0.6 is 0 Å². The molecule has 3 N–H and O–H groups in total. The lowest BCUT2D eigenvalue weighted by atomic mass is 10.1. The summed E-state index contributed by atoms with van der Waals surface area (Å²) in [4.78, 5) is 10.2. The lowest BCUT2D eigenvalue weighted by molar-refractivity contribution is -0.119. The maximum absolute atomic E-state index is 10.2. The Balaban J connectivity index is 2.80. The van der Waals surface area contributed by atoms with Crippen molar-refractivity contribution in [3.8, 4) is 0 Å². The Kier molecular flexibility index (Phi) is 4.03. The van der Waals surface area contributed by atoms with E-state index in [0.717, 1.165) is 0 Å². The second-order valence-electron chi connectivity index (χ2n) is 3.05. The monoisotopic (exact) mass is 208 g/mol. The number of carbonyl (C=O) groups is 1. The topological polar surface area (TPSA) is 77.8 Å². The number of rotatable bonds is 4. The van der Waals surface area contributed by atoms with Crippen LogP contribution < -0.4 is 0 Å². The Morgan fingerprint density at radius 1 is 1.20 bits per heavy atom. The van der Waals surface area contributed by atoms with Crippen LogP contribution in [0.2, 0.25) is 0 Å². The molecule has 0 saturated carbocycles. The van der Waals surface area contributed by atoms with Gasteiger partial charge in [-0.3, -0.25) is 0 Å². The SMILES string of the molecule is O=C[C@@H](O)[C@H](O)C(O)=Cc1ccccc1. The summed E-state index contributed by atoms with van der Waals surface area (Å²) in [6.07, 6.45) is -1.73. The van der Waals surface area contributed by atoms with Crippen molar-refractivity contribution in [1.82, 2.24) is 0 Å². The number of hydrogen-bond acceptors (Lipinski definition) is 4. The normalized spacial score (nSPS) is 15.7. The van der Waals surface area contributed by atoms with Gasteiger partial charge in [0.2, 0.25) is 0 Å². The molecule has 0 aliphatic carbocycles. The van der Waals surface area contributed by atoms with Gasteiger partial charge in [-0.1, -0.05) is 30.3 Å². The summed E-state index contributed by atoms with van der Waals surface area (Å²) in [5.74, 6) is -0.444. The van der Waals surface area contributed by atoms with Gasteiger partial charge in [-0.25, -0.2) is 0 Å². The van der Waals surface area contributed by atoms with E-state index in [1.807, 2.05) is 6.07 Å². The molecule has 0 spiro atoms. The smallest absolute Gasteiger partial charge is 0.151 e. The molecule has 80 valence electrons. The predicted octanol–water partition coefficient (Wildman–Crippen LogP) is 0.506. The number of aldehydes is 1. The van der Waals surface area contributed by atoms with Crippen molar-refractivity contribution in [1.29, 1.82) is 0 Å². The molecule has 0 fully saturated rings. The molecule has 4 nitrogen and oxygen atoms in total. The molecule has 1 aromatic carbocycles. The highest BCUT2D eigenvalue weighted by Gasteiger charge is 2.19. The number of aliphatic hydroxyl groups excluding tert-OH is 3. The van der Waals surface area contributed by atoms with E-state index in [4.69, 9.17) is 5.11 Å². The number of aliphatic hydroxyl groups is 3. The van der Waals surface area contributed by atoms with Crippen molar-refractivity contribution >= 4 is 12.4 Å². The summed E-state index contributed by atoms with van der Waals surface area (Å²) < 4.78 is 0. The minimum absolute atomic E-state index is 0.166. The first kappa shape index (κ1) is 11.4. The first-order chi connectivity index (χ1) is 7.15. The zero-order chi connectivity index (χ0) is 11.3. The third-order valence-electron chi connectivity index (χ3n) is 1.88. The molecule has 1 rings (SSSR count). The zero-order valence-corrected chi connectivity index (χ0v) is 7.95. The van der Waals surface area contributed by atoms with E-state index in [0.29, 0.717) is 5.56 Å². The van der Waals surface area contributed by atoms with Gasteiger partial charge in [-0.15, -0.1) is 0 Å². The summed E-state index contributed by atoms with van der Waals surface area (Å²) in [5, 5.41) is 27.6. The van der Waals surface area contributed by atoms with Gasteiger partial charge >= 0.3 is 0 Å². The largest absolute Gasteiger partial charge is 0.509 e. The Hall–Kier alpha value is -1.65. The minimum Gasteiger partial charge on any atom is -0.509 e. The van der Waals surface area contributed by atoms with Crippen LogP contribution in [0.15, 0.2) is 36.1 Å². The van der Waals surface area contributed by atoms with E-state index in [-0.39, 0.29) is 6.29 Å². The molecular weight excluding hydrogens is 196 g/mol. The molecule has 0 saturated heterocycles. The van der Waals surface area contributed by atoms with E-state index in [1.165, 1.54) is 6.08 Å². The summed E-state index contributed by atoms with van der Waals surface area (Å²) in [5.41, 5.74) is 0.673. The fourth-order valence-corrected chi connectivity index (χ4v) is 1.05. The third kappa shape index (κ3) is 3.19. The lowest BCUT2D eigenvalue weighted by Crippen LogP contribution is -2.28. The van der Waals surface area contributed by atoms with E-state index < -0.39 is 18.0 Å². The van der Waals surface area contributed by atoms with Crippen LogP contribution in [0, 0.1) is 0 Å². The number of benzene rings is 1. The van der Waals surface area contributed by atoms with Crippen LogP contribution in [-0.2, 0) is 4.79 Å². The molecule has 0 heterocycles. The molecule has 0 aliphatic heterocycles. The van der Waals surface area contributed by atoms with Gasteiger partial charge in [0.25, 0.3) is 0 Å². The van der Waals surface area contributed by atoms with Crippen molar-refractivity contribution in [3.63, 3.8) is 0 Å². The first-order valence-electron chi connectivity index (χ1n) is 4.42. The maximum atomic E-state index is 10.2. The Morgan fingerprint density at radius 2 is 1.80 bits per heavy atom. The summed E-state index contributed by atoms with van der Waals surface area (Å²) >= 11 is 0. The van der Waals surface area contributed by atoms with Crippen molar-refractivity contribution < 1.29 is 20.1 Å². The fourth-order valence-electron chi connectivity index (χ4n) is 1.05. The van der Waals surface area contributed by atoms with Crippen LogP contribution in [-0.4, -0.2) is 33.8 Å². The van der Waals surface area contributed by atoms with Crippen LogP contribution in [0.4, 0.5) is 0 Å². The predicted molar refractivity (Wildman–Crippen MR) is 55.1 cm³/mol. The number of carbonyl (C=O) groups excluding carboxylic acids is 1. The molecule has 0 aliphatic rings. The van der Waals surface area contributed by atoms with E-state index in [1.54, 1.807) is 24.3 Å². The first-order valence-corrected chi connectivity index (χ1v) is 4.42. The maximum Gasteiger partial charge on any atom is 0.151 e. The standard InChI is InChI=1S/C11H12O4/c12-7-10(14)11(15)9(13)6-8-4-2-1-3-5-8/h1-7,10-11,13-15H/t10-,11-/m1/s1. The van der Waals surface area contributed by atoms with E-state index in [9.17, 15) is 15.0 Å². The molecule has 2 atom stereocenters. The molecule has 0 amide bonds. The number of hydrogen-bond donors (Lipinski definition) is 3. The van der Waals surface area contributed by atoms with Gasteiger partial charge in [0.1, 0.15) is 18.0 Å². The highest BCUT2D eigenvalue weighted by Crippen LogP contribution is 2.09. The van der Waals surface area contributed by atoms with Crippen molar-refractivity contribution in [3.05, 3.63) is 41.7 Å². The molecule has 15 heavy (non-hydrogen) atoms. The van der Waals surface area contributed by atoms with Gasteiger partial charge in [-0.2, -0.15) is 0 Å². The van der Waals surface area contributed by atoms with Gasteiger partial charge in [0, 0.05) is 0 Å². The second kappa shape index (κ2) is 5.29. The Morgan fingerprint density at radius 3 is 2.33 bits per heavy atom. The van der Waals surface area contributed by atoms with Gasteiger partial charge in [-0.05, 0) is 11.6 Å². The summed E-state index contributed by atoms with van der Waals surface area (Å²) in [6, 6.07) is 8.78. The van der Waals surface area contributed by atoms with E-state index in [2.05, 4.69) is 0 Å². The van der Waals surface area contributed by atoms with Gasteiger partial charge in [0.05, 0.1) is 0 Å². The molecule has 4 heteroatoms. The molecule has 0 unspecified atom stereocenters. The molecule has 0 radical (unpaired) electrons. The summed E-state index contributed by atoms with van der Waals surface area (Å²) in [7, 11) is 0. The summed E-state index contributed by atoms with van der Waals surface area (Å²) in [6.45, 7) is 0. The Bertz CT molecular complexity index is 345. The van der Waals surface area contributed by atoms with Crippen LogP contribution in [0.5, 0.6) is 0 Å². The zero-order valence-electron chi connectivity index (χ0n) is 7.95. The van der Waals surface area contributed by atoms with Crippen LogP contribution in [0.25, 0.3) is 6.08 Å². The average Bonchev–Trinajstić information content (AvgIpc) is 2.28. The Labute approximate surface area is 87.1 Å². The van der Waals surface area contributed by atoms with Crippen molar-refractivity contribution in [2.24, 2.45) is 0 Å². The highest BCUT2D eigenvalue weighted by atomic mass is 16.4. The van der Waals surface area contributed by atoms with Gasteiger partial charge in [0.15, 0.2) is 6.29 Å². The molecule has 0 bridgehead atoms. The quantitative estimate of drug-likeness (QED) is 0.497. The van der Waals surface area contributed by atoms with E-state index >= 15 is 0 Å². The lowest BCUT2D eigenvalue weighted by Gasteiger charge is -2.11. The highest BCUT2D eigenvalue weighted by molar-refractivity contribution is 5.60. The van der Waals surface area contributed by atoms with Crippen LogP contribution in [0.1, 0.15) is 5.56 Å². The fraction of sp³-hybridized carbons (Fsp3) is 0.182. The van der Waals surface area contributed by atoms with Gasteiger partial charge < -0.3 is 20.1 Å². The molecule has 1 aromatic rings. The van der Waals surface area contributed by atoms with Crippen LogP contribution in [0.3, 0.4) is 0 Å². The molecular formula is C11H12O4. The minimum atomic E-state index is -1.61.